The van der Waals surface area contributed by atoms with Crippen LogP contribution < -0.4 is 0 Å². The number of rotatable bonds is 4. The number of hydrogen-bond donors (Lipinski definition) is 0. The Morgan fingerprint density at radius 2 is 1.58 bits per heavy atom. The molecule has 2 aliphatic rings. The van der Waals surface area contributed by atoms with E-state index in [9.17, 15) is 4.79 Å². The Labute approximate surface area is 241 Å². The molecule has 0 bridgehead atoms. The van der Waals surface area contributed by atoms with Crippen molar-refractivity contribution in [3.63, 3.8) is 0 Å². The lowest BCUT2D eigenvalue weighted by Gasteiger charge is -2.34. The van der Waals surface area contributed by atoms with Gasteiger partial charge >= 0.3 is 6.09 Å². The van der Waals surface area contributed by atoms with Crippen LogP contribution in [0.3, 0.4) is 0 Å². The van der Waals surface area contributed by atoms with Crippen molar-refractivity contribution < 1.29 is 9.53 Å². The average Bonchev–Trinajstić information content (AvgIpc) is 3.22. The molecule has 0 saturated carbocycles. The Balaban J connectivity index is 1.17. The summed E-state index contributed by atoms with van der Waals surface area (Å²) in [6.07, 6.45) is -0.208. The Morgan fingerprint density at radius 1 is 0.974 bits per heavy atom. The molecule has 1 heterocycles. The Morgan fingerprint density at radius 3 is 2.18 bits per heavy atom. The number of carbonyl (C=O) groups excluding carboxylic acids is 1. The van der Waals surface area contributed by atoms with Gasteiger partial charge in [0.25, 0.3) is 0 Å². The van der Waals surface area contributed by atoms with E-state index in [4.69, 9.17) is 4.74 Å². The van der Waals surface area contributed by atoms with Crippen molar-refractivity contribution in [2.75, 3.05) is 32.8 Å². The summed E-state index contributed by atoms with van der Waals surface area (Å²) in [5, 5.41) is 0. The molecule has 1 fully saturated rings. The Bertz CT molecular complexity index is 1370. The van der Waals surface area contributed by atoms with Crippen LogP contribution in [0.5, 0.6) is 0 Å². The second-order valence-electron chi connectivity index (χ2n) is 11.3. The fourth-order valence-corrected chi connectivity index (χ4v) is 6.44. The second kappa shape index (κ2) is 11.2. The maximum Gasteiger partial charge on any atom is 0.409 e. The van der Waals surface area contributed by atoms with E-state index >= 15 is 0 Å². The molecule has 1 aliphatic heterocycles. The van der Waals surface area contributed by atoms with Gasteiger partial charge in [-0.2, -0.15) is 0 Å². The summed E-state index contributed by atoms with van der Waals surface area (Å²) in [7, 11) is -1.43. The summed E-state index contributed by atoms with van der Waals surface area (Å²) in [5.41, 5.74) is 12.2. The van der Waals surface area contributed by atoms with E-state index in [1.54, 1.807) is 0 Å². The third kappa shape index (κ3) is 6.01. The second-order valence-corrected chi connectivity index (χ2v) is 17.2. The van der Waals surface area contributed by atoms with Gasteiger partial charge in [-0.3, -0.25) is 4.90 Å². The number of carbonyl (C=O) groups is 1. The lowest BCUT2D eigenvalue weighted by molar-refractivity contribution is 0.0728. The number of hydrogen-bond acceptors (Lipinski definition) is 3. The molecular formula is C32H35IN2O2Si. The molecule has 196 valence electrons. The summed E-state index contributed by atoms with van der Waals surface area (Å²) in [5.74, 6) is 3.55. The van der Waals surface area contributed by atoms with E-state index < -0.39 is 8.07 Å². The number of ether oxygens (including phenoxy) is 1. The van der Waals surface area contributed by atoms with Crippen LogP contribution in [0.4, 0.5) is 4.79 Å². The van der Waals surface area contributed by atoms with Crippen molar-refractivity contribution in [1.82, 2.24) is 9.80 Å². The van der Waals surface area contributed by atoms with Gasteiger partial charge in [-0.1, -0.05) is 74.1 Å². The highest BCUT2D eigenvalue weighted by Crippen LogP contribution is 2.44. The molecule has 0 unspecified atom stereocenters. The van der Waals surface area contributed by atoms with Crippen LogP contribution in [-0.2, 0) is 11.3 Å². The van der Waals surface area contributed by atoms with Gasteiger partial charge in [0.2, 0.25) is 0 Å². The Kier molecular flexibility index (Phi) is 7.99. The molecule has 0 radical (unpaired) electrons. The minimum atomic E-state index is -1.43. The van der Waals surface area contributed by atoms with Gasteiger partial charge in [-0.15, -0.1) is 5.54 Å². The predicted molar refractivity (Wildman–Crippen MR) is 166 cm³/mol. The van der Waals surface area contributed by atoms with Gasteiger partial charge in [0.15, 0.2) is 0 Å². The van der Waals surface area contributed by atoms with Gasteiger partial charge in [-0.05, 0) is 75.0 Å². The molecule has 1 amide bonds. The number of amides is 1. The highest BCUT2D eigenvalue weighted by atomic mass is 127. The number of halogens is 1. The molecule has 0 spiro atoms. The summed E-state index contributed by atoms with van der Waals surface area (Å²) >= 11 is 2.42. The average molecular weight is 635 g/mol. The van der Waals surface area contributed by atoms with Crippen LogP contribution in [-0.4, -0.2) is 56.8 Å². The zero-order valence-electron chi connectivity index (χ0n) is 22.7. The van der Waals surface area contributed by atoms with Crippen molar-refractivity contribution in [3.05, 3.63) is 92.1 Å². The molecule has 4 nitrogen and oxygen atoms in total. The zero-order chi connectivity index (χ0) is 26.9. The number of piperazine rings is 1. The van der Waals surface area contributed by atoms with Gasteiger partial charge in [0.1, 0.15) is 14.7 Å². The third-order valence-electron chi connectivity index (χ3n) is 7.35. The van der Waals surface area contributed by atoms with Gasteiger partial charge in [0.05, 0.1) is 0 Å². The molecule has 3 aromatic rings. The molecule has 3 aromatic carbocycles. The highest BCUT2D eigenvalue weighted by Gasteiger charge is 2.30. The largest absolute Gasteiger partial charge is 0.448 e. The van der Waals surface area contributed by atoms with Gasteiger partial charge in [-0.25, -0.2) is 4.79 Å². The minimum absolute atomic E-state index is 0.0925. The van der Waals surface area contributed by atoms with E-state index in [0.717, 1.165) is 25.2 Å². The van der Waals surface area contributed by atoms with Crippen molar-refractivity contribution in [1.29, 1.82) is 0 Å². The van der Waals surface area contributed by atoms with E-state index in [0.29, 0.717) is 19.7 Å². The van der Waals surface area contributed by atoms with Crippen molar-refractivity contribution in [2.24, 2.45) is 0 Å². The number of nitrogens with zero attached hydrogens (tertiary/aromatic N) is 2. The lowest BCUT2D eigenvalue weighted by Crippen LogP contribution is -2.48. The van der Waals surface area contributed by atoms with Crippen LogP contribution >= 0.6 is 22.6 Å². The summed E-state index contributed by atoms with van der Waals surface area (Å²) in [6.45, 7) is 13.3. The first kappa shape index (κ1) is 27.0. The predicted octanol–water partition coefficient (Wildman–Crippen LogP) is 6.90. The number of fused-ring (bicyclic) bond motifs is 3. The van der Waals surface area contributed by atoms with Crippen LogP contribution in [0, 0.1) is 22.0 Å². The van der Waals surface area contributed by atoms with Crippen LogP contribution in [0.25, 0.3) is 11.1 Å². The van der Waals surface area contributed by atoms with Crippen LogP contribution in [0.15, 0.2) is 60.7 Å². The standard InChI is InChI=1S/C32H35IN2O2Si/c1-23-25(13-18-38(2,3)4)19-24(20-31(23)33)21-34-14-16-35(17-15-34)32(36)37-22-30-28-11-7-5-9-26(28)27-10-6-8-12-29(27)30/h5-12,19-20,30H,14-17,21-22H2,1-4H3. The zero-order valence-corrected chi connectivity index (χ0v) is 25.8. The van der Waals surface area contributed by atoms with E-state index in [1.165, 1.54) is 37.0 Å². The number of benzene rings is 3. The summed E-state index contributed by atoms with van der Waals surface area (Å²) < 4.78 is 7.15. The van der Waals surface area contributed by atoms with Crippen LogP contribution in [0.1, 0.15) is 33.7 Å². The Hall–Kier alpha value is -2.60. The van der Waals surface area contributed by atoms with E-state index in [2.05, 4.69) is 126 Å². The molecule has 38 heavy (non-hydrogen) atoms. The van der Waals surface area contributed by atoms with Gasteiger partial charge < -0.3 is 9.64 Å². The maximum absolute atomic E-state index is 13.0. The van der Waals surface area contributed by atoms with Crippen molar-refractivity contribution in [2.45, 2.75) is 39.0 Å². The summed E-state index contributed by atoms with van der Waals surface area (Å²) in [6, 6.07) is 21.4. The molecular weight excluding hydrogens is 599 g/mol. The molecule has 0 aromatic heterocycles. The quantitative estimate of drug-likeness (QED) is 0.178. The molecule has 0 N–H and O–H groups in total. The first-order valence-corrected chi connectivity index (χ1v) is 17.9. The molecule has 1 saturated heterocycles. The highest BCUT2D eigenvalue weighted by molar-refractivity contribution is 14.1. The molecule has 0 atom stereocenters. The minimum Gasteiger partial charge on any atom is -0.448 e. The summed E-state index contributed by atoms with van der Waals surface area (Å²) in [4.78, 5) is 17.3. The molecule has 5 rings (SSSR count). The van der Waals surface area contributed by atoms with E-state index in [-0.39, 0.29) is 12.0 Å². The normalized spacial score (nSPS) is 15.4. The fourth-order valence-electron chi connectivity index (χ4n) is 5.24. The maximum atomic E-state index is 13.0. The fraction of sp³-hybridized carbons (Fsp3) is 0.344. The smallest absolute Gasteiger partial charge is 0.409 e. The van der Waals surface area contributed by atoms with Crippen molar-refractivity contribution >= 4 is 36.8 Å². The topological polar surface area (TPSA) is 32.8 Å². The van der Waals surface area contributed by atoms with Crippen LogP contribution in [0.2, 0.25) is 19.6 Å². The van der Waals surface area contributed by atoms with Crippen molar-refractivity contribution in [3.8, 4) is 22.6 Å². The SMILES string of the molecule is Cc1c(I)cc(CN2CCN(C(=O)OCC3c4ccccc4-c4ccccc43)CC2)cc1C#C[Si](C)(C)C. The molecule has 1 aliphatic carbocycles. The first-order chi connectivity index (χ1) is 18.2. The third-order valence-corrected chi connectivity index (χ3v) is 9.34. The lowest BCUT2D eigenvalue weighted by atomic mass is 9.98. The van der Waals surface area contributed by atoms with E-state index in [1.807, 2.05) is 4.90 Å². The van der Waals surface area contributed by atoms with Gasteiger partial charge in [0, 0.05) is 47.8 Å². The first-order valence-electron chi connectivity index (χ1n) is 13.3. The molecule has 6 heteroatoms. The monoisotopic (exact) mass is 634 g/mol.